The average molecular weight is 340 g/mol. The maximum atomic E-state index is 12.9. The summed E-state index contributed by atoms with van der Waals surface area (Å²) in [4.78, 5) is 0.347. The normalized spacial score (nSPS) is 22.3. The molecule has 6 heteroatoms. The molecule has 2 rings (SSSR count). The smallest absolute Gasteiger partial charge is 0.241 e. The summed E-state index contributed by atoms with van der Waals surface area (Å²) in [5, 5.41) is 3.25. The fourth-order valence-corrected chi connectivity index (χ4v) is 4.61. The van der Waals surface area contributed by atoms with Gasteiger partial charge in [0, 0.05) is 12.6 Å². The Morgan fingerprint density at radius 1 is 1.35 bits per heavy atom. The SMILES string of the molecule is COc1cc(C)c(S(=O)(=O)NC2CNCCC2C)cc1C(C)C. The fourth-order valence-electron chi connectivity index (χ4n) is 3.01. The van der Waals surface area contributed by atoms with E-state index < -0.39 is 10.0 Å². The second-order valence-electron chi connectivity index (χ2n) is 6.71. The van der Waals surface area contributed by atoms with Crippen LogP contribution in [0, 0.1) is 12.8 Å². The van der Waals surface area contributed by atoms with Crippen LogP contribution in [0.5, 0.6) is 5.75 Å². The third-order valence-electron chi connectivity index (χ3n) is 4.57. The van der Waals surface area contributed by atoms with Crippen LogP contribution in [0.25, 0.3) is 0 Å². The second kappa shape index (κ2) is 7.20. The molecule has 0 aromatic heterocycles. The molecule has 1 aliphatic rings. The number of benzene rings is 1. The van der Waals surface area contributed by atoms with Gasteiger partial charge in [-0.3, -0.25) is 0 Å². The molecule has 0 saturated carbocycles. The number of nitrogens with one attached hydrogen (secondary N) is 2. The Bertz CT molecular complexity index is 656. The number of hydrogen-bond acceptors (Lipinski definition) is 4. The molecule has 23 heavy (non-hydrogen) atoms. The molecule has 1 fully saturated rings. The number of hydrogen-bond donors (Lipinski definition) is 2. The van der Waals surface area contributed by atoms with Gasteiger partial charge in [0.2, 0.25) is 10.0 Å². The molecule has 0 amide bonds. The lowest BCUT2D eigenvalue weighted by molar-refractivity contribution is 0.327. The molecule has 0 bridgehead atoms. The van der Waals surface area contributed by atoms with E-state index in [0.717, 1.165) is 24.3 Å². The minimum atomic E-state index is -3.55. The average Bonchev–Trinajstić information content (AvgIpc) is 2.48. The van der Waals surface area contributed by atoms with E-state index in [2.05, 4.69) is 17.0 Å². The van der Waals surface area contributed by atoms with Gasteiger partial charge >= 0.3 is 0 Å². The van der Waals surface area contributed by atoms with Crippen molar-refractivity contribution in [3.05, 3.63) is 23.3 Å². The summed E-state index contributed by atoms with van der Waals surface area (Å²) < 4.78 is 34.0. The van der Waals surface area contributed by atoms with E-state index in [1.807, 2.05) is 26.8 Å². The molecule has 2 N–H and O–H groups in total. The van der Waals surface area contributed by atoms with Gasteiger partial charge in [0.25, 0.3) is 0 Å². The summed E-state index contributed by atoms with van der Waals surface area (Å²) in [6.07, 6.45) is 0.978. The van der Waals surface area contributed by atoms with Gasteiger partial charge in [-0.25, -0.2) is 13.1 Å². The molecular formula is C17H28N2O3S. The van der Waals surface area contributed by atoms with Crippen molar-refractivity contribution in [2.45, 2.75) is 51.0 Å². The summed E-state index contributed by atoms with van der Waals surface area (Å²) in [5.41, 5.74) is 1.61. The molecule has 1 aromatic rings. The zero-order valence-electron chi connectivity index (χ0n) is 14.6. The van der Waals surface area contributed by atoms with E-state index in [0.29, 0.717) is 22.9 Å². The van der Waals surface area contributed by atoms with E-state index in [4.69, 9.17) is 4.74 Å². The van der Waals surface area contributed by atoms with E-state index in [1.165, 1.54) is 0 Å². The van der Waals surface area contributed by atoms with Gasteiger partial charge in [-0.2, -0.15) is 0 Å². The van der Waals surface area contributed by atoms with E-state index >= 15 is 0 Å². The third-order valence-corrected chi connectivity index (χ3v) is 6.20. The van der Waals surface area contributed by atoms with Crippen molar-refractivity contribution in [3.8, 4) is 5.75 Å². The van der Waals surface area contributed by atoms with Crippen LogP contribution in [-0.4, -0.2) is 34.7 Å². The molecule has 2 unspecified atom stereocenters. The monoisotopic (exact) mass is 340 g/mol. The Hall–Kier alpha value is -1.11. The third kappa shape index (κ3) is 4.05. The summed E-state index contributed by atoms with van der Waals surface area (Å²) in [6.45, 7) is 9.58. The number of rotatable bonds is 5. The molecule has 1 aromatic carbocycles. The lowest BCUT2D eigenvalue weighted by Gasteiger charge is -2.30. The topological polar surface area (TPSA) is 67.4 Å². The van der Waals surface area contributed by atoms with Gasteiger partial charge in [-0.15, -0.1) is 0 Å². The number of sulfonamides is 1. The molecular weight excluding hydrogens is 312 g/mol. The molecule has 1 saturated heterocycles. The highest BCUT2D eigenvalue weighted by atomic mass is 32.2. The maximum absolute atomic E-state index is 12.9. The highest BCUT2D eigenvalue weighted by Crippen LogP contribution is 2.31. The predicted octanol–water partition coefficient (Wildman–Crippen LogP) is 2.40. The van der Waals surface area contributed by atoms with Crippen LogP contribution in [0.1, 0.15) is 44.2 Å². The van der Waals surface area contributed by atoms with Gasteiger partial charge in [0.15, 0.2) is 0 Å². The van der Waals surface area contributed by atoms with Crippen molar-refractivity contribution in [1.82, 2.24) is 10.0 Å². The van der Waals surface area contributed by atoms with Crippen molar-refractivity contribution in [3.63, 3.8) is 0 Å². The standard InChI is InChI=1S/C17H28N2O3S/c1-11(2)14-9-17(13(4)8-16(14)22-5)23(20,21)19-15-10-18-7-6-12(15)3/h8-9,11-12,15,18-19H,6-7,10H2,1-5H3. The van der Waals surface area contributed by atoms with Gasteiger partial charge in [0.1, 0.15) is 5.75 Å². The molecule has 1 heterocycles. The first kappa shape index (κ1) is 18.2. The van der Waals surface area contributed by atoms with Crippen molar-refractivity contribution in [2.75, 3.05) is 20.2 Å². The molecule has 1 aliphatic heterocycles. The molecule has 5 nitrogen and oxygen atoms in total. The van der Waals surface area contributed by atoms with Crippen LogP contribution in [0.4, 0.5) is 0 Å². The Morgan fingerprint density at radius 2 is 2.04 bits per heavy atom. The summed E-state index contributed by atoms with van der Waals surface area (Å²) >= 11 is 0. The quantitative estimate of drug-likeness (QED) is 0.864. The highest BCUT2D eigenvalue weighted by Gasteiger charge is 2.28. The van der Waals surface area contributed by atoms with Gasteiger partial charge in [0.05, 0.1) is 12.0 Å². The summed E-state index contributed by atoms with van der Waals surface area (Å²) in [6, 6.07) is 3.49. The van der Waals surface area contributed by atoms with Crippen molar-refractivity contribution >= 4 is 10.0 Å². The summed E-state index contributed by atoms with van der Waals surface area (Å²) in [7, 11) is -1.94. The first-order chi connectivity index (χ1) is 10.8. The summed E-state index contributed by atoms with van der Waals surface area (Å²) in [5.74, 6) is 1.26. The lowest BCUT2D eigenvalue weighted by Crippen LogP contribution is -2.50. The minimum absolute atomic E-state index is 0.0715. The van der Waals surface area contributed by atoms with E-state index in [1.54, 1.807) is 13.2 Å². The second-order valence-corrected chi connectivity index (χ2v) is 8.39. The van der Waals surface area contributed by atoms with Crippen LogP contribution < -0.4 is 14.8 Å². The Kier molecular flexibility index (Phi) is 5.70. The molecule has 0 radical (unpaired) electrons. The first-order valence-corrected chi connectivity index (χ1v) is 9.66. The van der Waals surface area contributed by atoms with Crippen molar-refractivity contribution < 1.29 is 13.2 Å². The van der Waals surface area contributed by atoms with Crippen molar-refractivity contribution in [1.29, 1.82) is 0 Å². The van der Waals surface area contributed by atoms with Crippen molar-refractivity contribution in [2.24, 2.45) is 5.92 Å². The predicted molar refractivity (Wildman–Crippen MR) is 92.6 cm³/mol. The molecule has 130 valence electrons. The van der Waals surface area contributed by atoms with E-state index in [-0.39, 0.29) is 12.0 Å². The number of aryl methyl sites for hydroxylation is 1. The van der Waals surface area contributed by atoms with Gasteiger partial charge in [-0.1, -0.05) is 20.8 Å². The van der Waals surface area contributed by atoms with Gasteiger partial charge < -0.3 is 10.1 Å². The maximum Gasteiger partial charge on any atom is 0.241 e. The Balaban J connectivity index is 2.37. The Morgan fingerprint density at radius 3 is 2.61 bits per heavy atom. The van der Waals surface area contributed by atoms with Crippen LogP contribution >= 0.6 is 0 Å². The molecule has 0 spiro atoms. The van der Waals surface area contributed by atoms with E-state index in [9.17, 15) is 8.42 Å². The lowest BCUT2D eigenvalue weighted by atomic mass is 9.96. The zero-order chi connectivity index (χ0) is 17.2. The van der Waals surface area contributed by atoms with Crippen LogP contribution in [0.3, 0.4) is 0 Å². The minimum Gasteiger partial charge on any atom is -0.496 e. The molecule has 2 atom stereocenters. The van der Waals surface area contributed by atoms with Crippen LogP contribution in [0.15, 0.2) is 17.0 Å². The van der Waals surface area contributed by atoms with Gasteiger partial charge in [-0.05, 0) is 55.0 Å². The molecule has 0 aliphatic carbocycles. The zero-order valence-corrected chi connectivity index (χ0v) is 15.5. The van der Waals surface area contributed by atoms with Crippen LogP contribution in [0.2, 0.25) is 0 Å². The largest absolute Gasteiger partial charge is 0.496 e. The number of ether oxygens (including phenoxy) is 1. The number of piperidine rings is 1. The highest BCUT2D eigenvalue weighted by molar-refractivity contribution is 7.89. The number of methoxy groups -OCH3 is 1. The Labute approximate surface area is 139 Å². The van der Waals surface area contributed by atoms with Crippen LogP contribution in [-0.2, 0) is 10.0 Å². The fraction of sp³-hybridized carbons (Fsp3) is 0.647. The first-order valence-electron chi connectivity index (χ1n) is 8.17.